The van der Waals surface area contributed by atoms with E-state index in [9.17, 15) is 4.79 Å². The highest BCUT2D eigenvalue weighted by molar-refractivity contribution is 5.90. The molecule has 1 atom stereocenters. The third-order valence-electron chi connectivity index (χ3n) is 4.34. The third-order valence-corrected chi connectivity index (χ3v) is 4.34. The van der Waals surface area contributed by atoms with Crippen LogP contribution in [0.4, 0.5) is 5.69 Å². The van der Waals surface area contributed by atoms with Crippen molar-refractivity contribution < 1.29 is 9.53 Å². The molecule has 5 heteroatoms. The van der Waals surface area contributed by atoms with Crippen LogP contribution in [0.5, 0.6) is 0 Å². The second-order valence-electron chi connectivity index (χ2n) is 5.99. The summed E-state index contributed by atoms with van der Waals surface area (Å²) in [6.07, 6.45) is 6.20. The van der Waals surface area contributed by atoms with Crippen LogP contribution in [0, 0.1) is 0 Å². The quantitative estimate of drug-likeness (QED) is 0.895. The third kappa shape index (κ3) is 4.70. The lowest BCUT2D eigenvalue weighted by Crippen LogP contribution is -2.24. The van der Waals surface area contributed by atoms with Gasteiger partial charge in [0.25, 0.3) is 0 Å². The van der Waals surface area contributed by atoms with E-state index in [1.807, 2.05) is 6.07 Å². The molecule has 0 aromatic heterocycles. The molecular formula is C17H25ClN2O2. The van der Waals surface area contributed by atoms with E-state index in [0.29, 0.717) is 6.42 Å². The van der Waals surface area contributed by atoms with Gasteiger partial charge in [0, 0.05) is 25.3 Å². The van der Waals surface area contributed by atoms with Crippen molar-refractivity contribution in [3.63, 3.8) is 0 Å². The van der Waals surface area contributed by atoms with E-state index in [1.165, 1.54) is 17.5 Å². The van der Waals surface area contributed by atoms with Crippen LogP contribution in [0.2, 0.25) is 0 Å². The maximum absolute atomic E-state index is 12.0. The van der Waals surface area contributed by atoms with Gasteiger partial charge in [-0.15, -0.1) is 12.4 Å². The van der Waals surface area contributed by atoms with Gasteiger partial charge < -0.3 is 15.4 Å². The van der Waals surface area contributed by atoms with Gasteiger partial charge in [-0.3, -0.25) is 4.79 Å². The Morgan fingerprint density at radius 2 is 2.23 bits per heavy atom. The fourth-order valence-electron chi connectivity index (χ4n) is 3.11. The predicted molar refractivity (Wildman–Crippen MR) is 90.6 cm³/mol. The van der Waals surface area contributed by atoms with Crippen molar-refractivity contribution in [3.05, 3.63) is 29.3 Å². The number of carbonyl (C=O) groups excluding carboxylic acids is 1. The molecule has 0 bridgehead atoms. The van der Waals surface area contributed by atoms with Crippen molar-refractivity contribution >= 4 is 24.0 Å². The van der Waals surface area contributed by atoms with E-state index in [2.05, 4.69) is 22.8 Å². The van der Waals surface area contributed by atoms with E-state index in [-0.39, 0.29) is 24.4 Å². The Bertz CT molecular complexity index is 501. The van der Waals surface area contributed by atoms with Gasteiger partial charge in [-0.05, 0) is 61.9 Å². The second-order valence-corrected chi connectivity index (χ2v) is 5.99. The zero-order chi connectivity index (χ0) is 14.5. The van der Waals surface area contributed by atoms with Crippen LogP contribution < -0.4 is 10.6 Å². The molecule has 3 rings (SSSR count). The van der Waals surface area contributed by atoms with Gasteiger partial charge in [-0.25, -0.2) is 0 Å². The summed E-state index contributed by atoms with van der Waals surface area (Å²) >= 11 is 0. The number of ether oxygens (including phenoxy) is 1. The Morgan fingerprint density at radius 3 is 3.05 bits per heavy atom. The molecule has 0 spiro atoms. The minimum absolute atomic E-state index is 0. The Kier molecular flexibility index (Phi) is 6.68. The molecule has 1 amide bonds. The first kappa shape index (κ1) is 17.3. The molecule has 1 fully saturated rings. The molecule has 22 heavy (non-hydrogen) atoms. The molecule has 4 nitrogen and oxygen atoms in total. The second kappa shape index (κ2) is 8.51. The van der Waals surface area contributed by atoms with Crippen molar-refractivity contribution in [3.8, 4) is 0 Å². The SMILES string of the molecule is Cl.O=C(CCC1CCCCO1)Nc1ccc2c(c1)CNCC2. The minimum Gasteiger partial charge on any atom is -0.378 e. The van der Waals surface area contributed by atoms with Crippen molar-refractivity contribution in [2.45, 2.75) is 51.2 Å². The monoisotopic (exact) mass is 324 g/mol. The first-order valence-electron chi connectivity index (χ1n) is 8.05. The first-order valence-corrected chi connectivity index (χ1v) is 8.05. The molecule has 1 aromatic rings. The fourth-order valence-corrected chi connectivity index (χ4v) is 3.11. The Hall–Kier alpha value is -1.10. The molecule has 122 valence electrons. The summed E-state index contributed by atoms with van der Waals surface area (Å²) in [4.78, 5) is 12.0. The summed E-state index contributed by atoms with van der Waals surface area (Å²) in [6, 6.07) is 6.24. The first-order chi connectivity index (χ1) is 10.3. The van der Waals surface area contributed by atoms with E-state index in [4.69, 9.17) is 4.74 Å². The molecule has 0 saturated carbocycles. The molecule has 2 heterocycles. The lowest BCUT2D eigenvalue weighted by Gasteiger charge is -2.22. The summed E-state index contributed by atoms with van der Waals surface area (Å²) in [5, 5.41) is 6.37. The number of benzene rings is 1. The van der Waals surface area contributed by atoms with Gasteiger partial charge >= 0.3 is 0 Å². The number of nitrogens with one attached hydrogen (secondary N) is 2. The molecule has 0 radical (unpaired) electrons. The van der Waals surface area contributed by atoms with Crippen LogP contribution in [0.1, 0.15) is 43.2 Å². The highest BCUT2D eigenvalue weighted by Gasteiger charge is 2.15. The summed E-state index contributed by atoms with van der Waals surface area (Å²) in [6.45, 7) is 2.79. The maximum atomic E-state index is 12.0. The molecule has 2 N–H and O–H groups in total. The Labute approximate surface area is 138 Å². The number of hydrogen-bond donors (Lipinski definition) is 2. The minimum atomic E-state index is 0. The number of carbonyl (C=O) groups is 1. The average molecular weight is 325 g/mol. The molecule has 2 aliphatic rings. The summed E-state index contributed by atoms with van der Waals surface area (Å²) in [5.41, 5.74) is 3.60. The van der Waals surface area contributed by atoms with Crippen molar-refractivity contribution in [1.29, 1.82) is 0 Å². The lowest BCUT2D eigenvalue weighted by atomic mass is 10.0. The van der Waals surface area contributed by atoms with Crippen LogP contribution in [-0.4, -0.2) is 25.2 Å². The smallest absolute Gasteiger partial charge is 0.224 e. The Morgan fingerprint density at radius 1 is 1.32 bits per heavy atom. The van der Waals surface area contributed by atoms with Crippen LogP contribution in [0.3, 0.4) is 0 Å². The van der Waals surface area contributed by atoms with Crippen LogP contribution in [-0.2, 0) is 22.5 Å². The number of anilines is 1. The lowest BCUT2D eigenvalue weighted by molar-refractivity contribution is -0.117. The van der Waals surface area contributed by atoms with Gasteiger partial charge in [-0.2, -0.15) is 0 Å². The molecule has 2 aliphatic heterocycles. The zero-order valence-corrected chi connectivity index (χ0v) is 13.7. The molecule has 1 aromatic carbocycles. The van der Waals surface area contributed by atoms with E-state index in [1.54, 1.807) is 0 Å². The van der Waals surface area contributed by atoms with Gasteiger partial charge in [0.05, 0.1) is 6.10 Å². The molecule has 0 aliphatic carbocycles. The molecular weight excluding hydrogens is 300 g/mol. The molecule has 1 unspecified atom stereocenters. The highest BCUT2D eigenvalue weighted by atomic mass is 35.5. The van der Waals surface area contributed by atoms with E-state index >= 15 is 0 Å². The number of amides is 1. The zero-order valence-electron chi connectivity index (χ0n) is 12.9. The number of halogens is 1. The van der Waals surface area contributed by atoms with Crippen LogP contribution >= 0.6 is 12.4 Å². The maximum Gasteiger partial charge on any atom is 0.224 e. The van der Waals surface area contributed by atoms with Crippen molar-refractivity contribution in [1.82, 2.24) is 5.32 Å². The van der Waals surface area contributed by atoms with Gasteiger partial charge in [0.1, 0.15) is 0 Å². The summed E-state index contributed by atoms with van der Waals surface area (Å²) in [7, 11) is 0. The predicted octanol–water partition coefficient (Wildman–Crippen LogP) is 3.04. The van der Waals surface area contributed by atoms with Crippen molar-refractivity contribution in [2.24, 2.45) is 0 Å². The standard InChI is InChI=1S/C17H24N2O2.ClH/c20-17(7-6-16-3-1-2-10-21-16)19-15-5-4-13-8-9-18-12-14(13)11-15;/h4-5,11,16,18H,1-3,6-10,12H2,(H,19,20);1H. The van der Waals surface area contributed by atoms with E-state index in [0.717, 1.165) is 51.1 Å². The number of rotatable bonds is 4. The van der Waals surface area contributed by atoms with Gasteiger partial charge in [-0.1, -0.05) is 6.07 Å². The Balaban J connectivity index is 0.00000176. The normalized spacial score (nSPS) is 20.6. The van der Waals surface area contributed by atoms with Crippen LogP contribution in [0.15, 0.2) is 18.2 Å². The number of fused-ring (bicyclic) bond motifs is 1. The highest BCUT2D eigenvalue weighted by Crippen LogP contribution is 2.20. The van der Waals surface area contributed by atoms with Crippen molar-refractivity contribution in [2.75, 3.05) is 18.5 Å². The molecule has 1 saturated heterocycles. The largest absolute Gasteiger partial charge is 0.378 e. The summed E-state index contributed by atoms with van der Waals surface area (Å²) in [5.74, 6) is 0.0906. The fraction of sp³-hybridized carbons (Fsp3) is 0.588. The van der Waals surface area contributed by atoms with Crippen LogP contribution in [0.25, 0.3) is 0 Å². The topological polar surface area (TPSA) is 50.4 Å². The van der Waals surface area contributed by atoms with E-state index < -0.39 is 0 Å². The average Bonchev–Trinajstić information content (AvgIpc) is 2.54. The summed E-state index contributed by atoms with van der Waals surface area (Å²) < 4.78 is 5.66. The van der Waals surface area contributed by atoms with Gasteiger partial charge in [0.2, 0.25) is 5.91 Å². The number of hydrogen-bond acceptors (Lipinski definition) is 3. The van der Waals surface area contributed by atoms with Gasteiger partial charge in [0.15, 0.2) is 0 Å².